The highest BCUT2D eigenvalue weighted by molar-refractivity contribution is 7.99. The van der Waals surface area contributed by atoms with Crippen LogP contribution < -0.4 is 20.3 Å². The Morgan fingerprint density at radius 2 is 1.57 bits per heavy atom. The SMILES string of the molecule is CN(C)CC[C@@H](CSc1ccccc1)Nc1ccc(S(=O)(=O)NC(=O)c2ccc(N3CCC(NC(=O)c4ccccc4-c4ccc(Cl)cc4)CC3)cc2)cc1[N+](=O)[O-]. The quantitative estimate of drug-likeness (QED) is 0.0507. The highest BCUT2D eigenvalue weighted by Gasteiger charge is 2.26. The van der Waals surface area contributed by atoms with Crippen LogP contribution in [-0.4, -0.2) is 81.6 Å². The summed E-state index contributed by atoms with van der Waals surface area (Å²) in [6, 6.07) is 34.7. The Morgan fingerprint density at radius 1 is 0.897 bits per heavy atom. The molecule has 6 rings (SSSR count). The smallest absolute Gasteiger partial charge is 0.293 e. The topological polar surface area (TPSA) is 154 Å². The van der Waals surface area contributed by atoms with Crippen LogP contribution in [0, 0.1) is 10.1 Å². The second-order valence-corrected chi connectivity index (χ2v) is 17.5. The van der Waals surface area contributed by atoms with E-state index in [0.717, 1.165) is 34.3 Å². The molecule has 3 N–H and O–H groups in total. The molecule has 0 bridgehead atoms. The number of nitrogens with zero attached hydrogens (tertiary/aromatic N) is 3. The number of nitro groups is 1. The molecule has 1 aliphatic heterocycles. The Bertz CT molecular complexity index is 2320. The maximum atomic E-state index is 13.4. The molecule has 1 fully saturated rings. The first kappa shape index (κ1) is 42.2. The normalized spacial score (nSPS) is 13.8. The molecule has 1 saturated heterocycles. The van der Waals surface area contributed by atoms with Gasteiger partial charge in [0.05, 0.1) is 9.82 Å². The third kappa shape index (κ3) is 11.2. The van der Waals surface area contributed by atoms with Crippen LogP contribution in [0.1, 0.15) is 40.0 Å². The molecule has 0 aliphatic carbocycles. The van der Waals surface area contributed by atoms with Crippen LogP contribution in [0.5, 0.6) is 0 Å². The van der Waals surface area contributed by atoms with Gasteiger partial charge in [-0.2, -0.15) is 0 Å². The molecule has 1 heterocycles. The van der Waals surface area contributed by atoms with Crippen molar-refractivity contribution in [1.29, 1.82) is 0 Å². The van der Waals surface area contributed by atoms with Gasteiger partial charge in [-0.05, 0) is 118 Å². The van der Waals surface area contributed by atoms with Crippen molar-refractivity contribution in [2.45, 2.75) is 41.1 Å². The second kappa shape index (κ2) is 19.4. The lowest BCUT2D eigenvalue weighted by atomic mass is 9.98. The van der Waals surface area contributed by atoms with Gasteiger partial charge in [-0.15, -0.1) is 11.8 Å². The number of amides is 2. The average Bonchev–Trinajstić information content (AvgIpc) is 3.22. The number of piperidine rings is 1. The molecule has 58 heavy (non-hydrogen) atoms. The monoisotopic (exact) mass is 840 g/mol. The number of hydrogen-bond acceptors (Lipinski definition) is 10. The summed E-state index contributed by atoms with van der Waals surface area (Å²) in [7, 11) is -0.556. The lowest BCUT2D eigenvalue weighted by Gasteiger charge is -2.34. The van der Waals surface area contributed by atoms with Gasteiger partial charge in [-0.3, -0.25) is 19.7 Å². The number of carbonyl (C=O) groups excluding carboxylic acids is 2. The van der Waals surface area contributed by atoms with E-state index in [0.29, 0.717) is 48.7 Å². The van der Waals surface area contributed by atoms with Crippen molar-refractivity contribution in [2.75, 3.05) is 49.7 Å². The first-order valence-electron chi connectivity index (χ1n) is 18.8. The van der Waals surface area contributed by atoms with Crippen molar-refractivity contribution in [1.82, 2.24) is 14.9 Å². The number of rotatable bonds is 16. The van der Waals surface area contributed by atoms with Crippen LogP contribution in [0.15, 0.2) is 131 Å². The van der Waals surface area contributed by atoms with E-state index in [1.54, 1.807) is 48.2 Å². The van der Waals surface area contributed by atoms with E-state index in [1.165, 1.54) is 12.1 Å². The van der Waals surface area contributed by atoms with Gasteiger partial charge in [0.15, 0.2) is 0 Å². The summed E-state index contributed by atoms with van der Waals surface area (Å²) in [6.45, 7) is 2.06. The van der Waals surface area contributed by atoms with Gasteiger partial charge in [0.2, 0.25) is 0 Å². The number of anilines is 2. The Kier molecular flexibility index (Phi) is 14.1. The predicted octanol–water partition coefficient (Wildman–Crippen LogP) is 7.96. The fourth-order valence-corrected chi connectivity index (χ4v) is 8.78. The largest absolute Gasteiger partial charge is 0.376 e. The van der Waals surface area contributed by atoms with E-state index >= 15 is 0 Å². The molecule has 0 radical (unpaired) electrons. The Morgan fingerprint density at radius 3 is 2.24 bits per heavy atom. The van der Waals surface area contributed by atoms with Crippen molar-refractivity contribution >= 4 is 62.3 Å². The molecule has 2 amide bonds. The average molecular weight is 841 g/mol. The van der Waals surface area contributed by atoms with E-state index in [4.69, 9.17) is 11.6 Å². The van der Waals surface area contributed by atoms with E-state index in [2.05, 4.69) is 20.3 Å². The lowest BCUT2D eigenvalue weighted by molar-refractivity contribution is -0.384. The fourth-order valence-electron chi connectivity index (χ4n) is 6.67. The molecule has 0 unspecified atom stereocenters. The summed E-state index contributed by atoms with van der Waals surface area (Å²) in [4.78, 5) is 42.9. The number of thioether (sulfide) groups is 1. The first-order valence-corrected chi connectivity index (χ1v) is 21.7. The minimum atomic E-state index is -4.46. The van der Waals surface area contributed by atoms with Crippen molar-refractivity contribution in [3.63, 3.8) is 0 Å². The van der Waals surface area contributed by atoms with E-state index in [9.17, 15) is 28.1 Å². The number of carbonyl (C=O) groups is 2. The van der Waals surface area contributed by atoms with Gasteiger partial charge in [0.1, 0.15) is 5.69 Å². The summed E-state index contributed by atoms with van der Waals surface area (Å²) in [5, 5.41) is 19.2. The predicted molar refractivity (Wildman–Crippen MR) is 232 cm³/mol. The van der Waals surface area contributed by atoms with Crippen LogP contribution in [0.4, 0.5) is 17.1 Å². The summed E-state index contributed by atoms with van der Waals surface area (Å²) in [5.41, 5.74) is 3.05. The molecule has 12 nitrogen and oxygen atoms in total. The Hall–Kier alpha value is -5.41. The molecule has 1 aliphatic rings. The standard InChI is InChI=1S/C43H45ClN6O6S2/c1-48(2)25-22-34(29-57-36-8-4-3-5-9-36)45-40-21-20-37(28-41(40)50(53)54)58(55,56)47-42(51)31-14-18-35(19-15-31)49-26-23-33(24-27-49)46-43(52)39-11-7-6-10-38(39)30-12-16-32(44)17-13-30/h3-21,28,33-34,45H,22-27,29H2,1-2H3,(H,46,52)(H,47,51)/t34-/m0/s1. The molecule has 5 aromatic carbocycles. The summed E-state index contributed by atoms with van der Waals surface area (Å²) >= 11 is 7.69. The zero-order valence-corrected chi connectivity index (χ0v) is 34.5. The third-order valence-electron chi connectivity index (χ3n) is 9.83. The van der Waals surface area contributed by atoms with Gasteiger partial charge in [0, 0.05) is 63.7 Å². The molecule has 302 valence electrons. The van der Waals surface area contributed by atoms with Gasteiger partial charge in [0.25, 0.3) is 27.5 Å². The first-order chi connectivity index (χ1) is 27.9. The minimum Gasteiger partial charge on any atom is -0.376 e. The minimum absolute atomic E-state index is 0.0268. The van der Waals surface area contributed by atoms with Gasteiger partial charge in [-0.25, -0.2) is 13.1 Å². The summed E-state index contributed by atoms with van der Waals surface area (Å²) < 4.78 is 28.8. The van der Waals surface area contributed by atoms with E-state index in [1.807, 2.05) is 85.7 Å². The van der Waals surface area contributed by atoms with E-state index < -0.39 is 31.4 Å². The number of sulfonamides is 1. The third-order valence-corrected chi connectivity index (χ3v) is 12.6. The molecule has 0 aromatic heterocycles. The molecule has 1 atom stereocenters. The fraction of sp³-hybridized carbons (Fsp3) is 0.256. The molecule has 5 aromatic rings. The number of benzene rings is 5. The van der Waals surface area contributed by atoms with Crippen LogP contribution in [0.2, 0.25) is 5.02 Å². The van der Waals surface area contributed by atoms with Gasteiger partial charge in [-0.1, -0.05) is 60.1 Å². The van der Waals surface area contributed by atoms with Crippen molar-refractivity contribution in [3.05, 3.63) is 148 Å². The van der Waals surface area contributed by atoms with Crippen molar-refractivity contribution in [2.24, 2.45) is 0 Å². The van der Waals surface area contributed by atoms with Crippen molar-refractivity contribution in [3.8, 4) is 11.1 Å². The molecule has 15 heteroatoms. The summed E-state index contributed by atoms with van der Waals surface area (Å²) in [6.07, 6.45) is 2.11. The number of nitro benzene ring substituents is 1. The zero-order chi connectivity index (χ0) is 41.2. The summed E-state index contributed by atoms with van der Waals surface area (Å²) in [5.74, 6) is -0.379. The Balaban J connectivity index is 1.05. The van der Waals surface area contributed by atoms with Gasteiger partial charge >= 0.3 is 0 Å². The van der Waals surface area contributed by atoms with Gasteiger partial charge < -0.3 is 20.4 Å². The van der Waals surface area contributed by atoms with E-state index in [-0.39, 0.29) is 29.2 Å². The highest BCUT2D eigenvalue weighted by Crippen LogP contribution is 2.31. The molecular formula is C43H45ClN6O6S2. The maximum absolute atomic E-state index is 13.4. The highest BCUT2D eigenvalue weighted by atomic mass is 35.5. The van der Waals surface area contributed by atoms with Crippen LogP contribution in [0.25, 0.3) is 11.1 Å². The number of nitrogens with one attached hydrogen (secondary N) is 3. The number of halogens is 1. The zero-order valence-electron chi connectivity index (χ0n) is 32.1. The number of hydrogen-bond donors (Lipinski definition) is 3. The maximum Gasteiger partial charge on any atom is 0.293 e. The van der Waals surface area contributed by atoms with Crippen LogP contribution in [0.3, 0.4) is 0 Å². The second-order valence-electron chi connectivity index (χ2n) is 14.3. The van der Waals surface area contributed by atoms with Crippen LogP contribution in [-0.2, 0) is 10.0 Å². The van der Waals surface area contributed by atoms with Crippen molar-refractivity contribution < 1.29 is 22.9 Å². The van der Waals surface area contributed by atoms with Crippen LogP contribution >= 0.6 is 23.4 Å². The Labute approximate surface area is 348 Å². The molecular weight excluding hydrogens is 796 g/mol. The molecule has 0 saturated carbocycles. The molecule has 0 spiro atoms. The lowest BCUT2D eigenvalue weighted by Crippen LogP contribution is -2.44.